The van der Waals surface area contributed by atoms with E-state index in [1.54, 1.807) is 0 Å². The van der Waals surface area contributed by atoms with Crippen molar-refractivity contribution in [2.24, 2.45) is 0 Å². The lowest BCUT2D eigenvalue weighted by atomic mass is 9.84. The molecule has 0 N–H and O–H groups in total. The number of rotatable bonds is 2. The van der Waals surface area contributed by atoms with Gasteiger partial charge in [-0.15, -0.1) is 0 Å². The fourth-order valence-electron chi connectivity index (χ4n) is 3.47. The molecule has 0 amide bonds. The highest BCUT2D eigenvalue weighted by Gasteiger charge is 2.26. The zero-order chi connectivity index (χ0) is 14.8. The molecule has 0 fully saturated rings. The van der Waals surface area contributed by atoms with Crippen molar-refractivity contribution in [2.75, 3.05) is 11.4 Å². The van der Waals surface area contributed by atoms with E-state index in [0.29, 0.717) is 5.92 Å². The molecule has 0 bridgehead atoms. The van der Waals surface area contributed by atoms with Crippen LogP contribution in [0.25, 0.3) is 0 Å². The maximum Gasteiger partial charge on any atom is 0.0449 e. The Morgan fingerprint density at radius 3 is 2.09 bits per heavy atom. The summed E-state index contributed by atoms with van der Waals surface area (Å²) in [5, 5.41) is 0. The molecule has 0 aliphatic carbocycles. The van der Waals surface area contributed by atoms with Gasteiger partial charge in [0, 0.05) is 23.8 Å². The second-order valence-corrected chi connectivity index (χ2v) is 5.80. The van der Waals surface area contributed by atoms with E-state index in [1.165, 1.54) is 22.5 Å². The van der Waals surface area contributed by atoms with Gasteiger partial charge in [-0.2, -0.15) is 0 Å². The molecule has 0 saturated heterocycles. The maximum absolute atomic E-state index is 2.44. The first-order valence-corrected chi connectivity index (χ1v) is 7.90. The maximum atomic E-state index is 2.44. The molecule has 0 spiro atoms. The van der Waals surface area contributed by atoms with E-state index < -0.39 is 0 Å². The first-order chi connectivity index (χ1) is 10.9. The van der Waals surface area contributed by atoms with Crippen molar-refractivity contribution in [3.05, 3.63) is 96.1 Å². The van der Waals surface area contributed by atoms with Crippen LogP contribution in [0.15, 0.2) is 84.9 Å². The Morgan fingerprint density at radius 2 is 1.32 bits per heavy atom. The molecule has 1 heterocycles. The minimum Gasteiger partial charge on any atom is -0.341 e. The van der Waals surface area contributed by atoms with Gasteiger partial charge in [0.2, 0.25) is 0 Å². The normalized spacial score (nSPS) is 17.1. The molecule has 108 valence electrons. The van der Waals surface area contributed by atoms with Gasteiger partial charge in [0.25, 0.3) is 0 Å². The zero-order valence-electron chi connectivity index (χ0n) is 12.5. The molecule has 0 unspecified atom stereocenters. The fraction of sp³-hybridized carbons (Fsp3) is 0.143. The van der Waals surface area contributed by atoms with Crippen LogP contribution in [0.3, 0.4) is 0 Å². The number of para-hydroxylation sites is 2. The second-order valence-electron chi connectivity index (χ2n) is 5.80. The summed E-state index contributed by atoms with van der Waals surface area (Å²) in [5.41, 5.74) is 5.47. The molecule has 4 rings (SSSR count). The van der Waals surface area contributed by atoms with Crippen LogP contribution in [0, 0.1) is 0 Å². The van der Waals surface area contributed by atoms with Crippen molar-refractivity contribution in [3.63, 3.8) is 0 Å². The third-order valence-corrected chi connectivity index (χ3v) is 4.51. The third-order valence-electron chi connectivity index (χ3n) is 4.51. The third kappa shape index (κ3) is 2.29. The van der Waals surface area contributed by atoms with Crippen LogP contribution in [-0.4, -0.2) is 6.54 Å². The van der Waals surface area contributed by atoms with Gasteiger partial charge in [-0.3, -0.25) is 0 Å². The van der Waals surface area contributed by atoms with E-state index in [9.17, 15) is 0 Å². The van der Waals surface area contributed by atoms with E-state index in [0.717, 1.165) is 13.0 Å². The Balaban J connectivity index is 1.79. The van der Waals surface area contributed by atoms with Crippen molar-refractivity contribution in [1.82, 2.24) is 0 Å². The summed E-state index contributed by atoms with van der Waals surface area (Å²) in [6, 6.07) is 30.4. The van der Waals surface area contributed by atoms with Gasteiger partial charge in [0.05, 0.1) is 0 Å². The molecule has 0 saturated carbocycles. The zero-order valence-corrected chi connectivity index (χ0v) is 12.5. The Bertz CT molecular complexity index is 683. The van der Waals surface area contributed by atoms with Crippen molar-refractivity contribution < 1.29 is 0 Å². The first kappa shape index (κ1) is 13.1. The average molecular weight is 285 g/mol. The molecule has 1 aliphatic rings. The number of benzene rings is 3. The van der Waals surface area contributed by atoms with E-state index >= 15 is 0 Å². The molecule has 1 heteroatoms. The fourth-order valence-corrected chi connectivity index (χ4v) is 3.47. The average Bonchev–Trinajstić information content (AvgIpc) is 2.62. The monoisotopic (exact) mass is 285 g/mol. The molecule has 1 aliphatic heterocycles. The van der Waals surface area contributed by atoms with Gasteiger partial charge < -0.3 is 4.90 Å². The Kier molecular flexibility index (Phi) is 3.40. The summed E-state index contributed by atoms with van der Waals surface area (Å²) in [5.74, 6) is 0.498. The van der Waals surface area contributed by atoms with Gasteiger partial charge >= 0.3 is 0 Å². The van der Waals surface area contributed by atoms with Gasteiger partial charge in [0.1, 0.15) is 0 Å². The molecular weight excluding hydrogens is 266 g/mol. The first-order valence-electron chi connectivity index (χ1n) is 7.90. The summed E-state index contributed by atoms with van der Waals surface area (Å²) in [7, 11) is 0. The lowest BCUT2D eigenvalue weighted by Gasteiger charge is -2.36. The van der Waals surface area contributed by atoms with Crippen molar-refractivity contribution >= 4 is 11.4 Å². The highest BCUT2D eigenvalue weighted by atomic mass is 15.1. The van der Waals surface area contributed by atoms with E-state index in [1.807, 2.05) is 0 Å². The summed E-state index contributed by atoms with van der Waals surface area (Å²) in [6.45, 7) is 1.06. The Hall–Kier alpha value is -2.54. The van der Waals surface area contributed by atoms with Crippen molar-refractivity contribution in [3.8, 4) is 0 Å². The number of hydrogen-bond acceptors (Lipinski definition) is 1. The predicted octanol–water partition coefficient (Wildman–Crippen LogP) is 5.36. The molecular formula is C21H19N. The van der Waals surface area contributed by atoms with Crippen LogP contribution in [0.1, 0.15) is 23.5 Å². The van der Waals surface area contributed by atoms with Crippen LogP contribution in [0.4, 0.5) is 11.4 Å². The van der Waals surface area contributed by atoms with Crippen LogP contribution in [0.2, 0.25) is 0 Å². The van der Waals surface area contributed by atoms with Crippen LogP contribution in [-0.2, 0) is 0 Å². The largest absolute Gasteiger partial charge is 0.341 e. The Morgan fingerprint density at radius 1 is 0.682 bits per heavy atom. The van der Waals surface area contributed by atoms with E-state index in [2.05, 4.69) is 89.8 Å². The molecule has 0 aromatic heterocycles. The molecule has 1 atom stereocenters. The summed E-state index contributed by atoms with van der Waals surface area (Å²) in [4.78, 5) is 2.44. The predicted molar refractivity (Wildman–Crippen MR) is 92.8 cm³/mol. The lowest BCUT2D eigenvalue weighted by Crippen LogP contribution is -2.27. The van der Waals surface area contributed by atoms with Crippen LogP contribution >= 0.6 is 0 Å². The quantitative estimate of drug-likeness (QED) is 0.612. The number of nitrogens with zero attached hydrogens (tertiary/aromatic N) is 1. The van der Waals surface area contributed by atoms with Crippen molar-refractivity contribution in [1.29, 1.82) is 0 Å². The van der Waals surface area contributed by atoms with Gasteiger partial charge in [-0.25, -0.2) is 0 Å². The van der Waals surface area contributed by atoms with Gasteiger partial charge in [0.15, 0.2) is 0 Å². The second kappa shape index (κ2) is 5.69. The number of fused-ring (bicyclic) bond motifs is 1. The smallest absolute Gasteiger partial charge is 0.0449 e. The molecule has 3 aromatic carbocycles. The standard InChI is InChI=1S/C21H19N/c1-3-9-17(10-4-1)19-15-16-22(18-11-5-2-6-12-18)21-14-8-7-13-20(19)21/h1-14,19H,15-16H2/t19-/m0/s1. The van der Waals surface area contributed by atoms with Gasteiger partial charge in [-0.05, 0) is 35.7 Å². The minimum atomic E-state index is 0.498. The molecule has 22 heavy (non-hydrogen) atoms. The van der Waals surface area contributed by atoms with Crippen LogP contribution < -0.4 is 4.90 Å². The Labute approximate surface area is 131 Å². The van der Waals surface area contributed by atoms with E-state index in [-0.39, 0.29) is 0 Å². The summed E-state index contributed by atoms with van der Waals surface area (Å²) in [6.07, 6.45) is 1.15. The lowest BCUT2D eigenvalue weighted by molar-refractivity contribution is 0.680. The number of hydrogen-bond donors (Lipinski definition) is 0. The molecule has 3 aromatic rings. The van der Waals surface area contributed by atoms with Gasteiger partial charge in [-0.1, -0.05) is 66.7 Å². The SMILES string of the molecule is c1ccc([C@@H]2CCN(c3ccccc3)c3ccccc32)cc1. The minimum absolute atomic E-state index is 0.498. The highest BCUT2D eigenvalue weighted by molar-refractivity contribution is 5.69. The van der Waals surface area contributed by atoms with E-state index in [4.69, 9.17) is 0 Å². The summed E-state index contributed by atoms with van der Waals surface area (Å²) >= 11 is 0. The topological polar surface area (TPSA) is 3.24 Å². The highest BCUT2D eigenvalue weighted by Crippen LogP contribution is 2.42. The van der Waals surface area contributed by atoms with Crippen molar-refractivity contribution in [2.45, 2.75) is 12.3 Å². The van der Waals surface area contributed by atoms with Crippen LogP contribution in [0.5, 0.6) is 0 Å². The number of anilines is 2. The molecule has 1 nitrogen and oxygen atoms in total. The summed E-state index contributed by atoms with van der Waals surface area (Å²) < 4.78 is 0. The molecule has 0 radical (unpaired) electrons.